The number of nitrogens with zero attached hydrogens (tertiary/aromatic N) is 2. The molecule has 4 N–H and O–H groups in total. The first-order chi connectivity index (χ1) is 15.3. The van der Waals surface area contributed by atoms with Gasteiger partial charge in [0.15, 0.2) is 0 Å². The van der Waals surface area contributed by atoms with Crippen LogP contribution in [0.15, 0.2) is 24.3 Å². The largest absolute Gasteiger partial charge is 0.384 e. The van der Waals surface area contributed by atoms with E-state index in [-0.39, 0.29) is 22.6 Å². The van der Waals surface area contributed by atoms with Crippen LogP contribution in [0.4, 0.5) is 22.7 Å². The van der Waals surface area contributed by atoms with Gasteiger partial charge in [-0.2, -0.15) is 10.5 Å². The van der Waals surface area contributed by atoms with Crippen molar-refractivity contribution in [2.45, 2.75) is 37.5 Å². The molecular formula is C24H22N6O2. The van der Waals surface area contributed by atoms with Crippen molar-refractivity contribution >= 4 is 34.6 Å². The van der Waals surface area contributed by atoms with E-state index >= 15 is 0 Å². The van der Waals surface area contributed by atoms with Gasteiger partial charge in [0, 0.05) is 59.3 Å². The molecule has 0 bridgehead atoms. The molecule has 0 aromatic heterocycles. The highest BCUT2D eigenvalue weighted by molar-refractivity contribution is 6.00. The Kier molecular flexibility index (Phi) is 4.18. The van der Waals surface area contributed by atoms with Crippen LogP contribution in [0, 0.1) is 22.7 Å². The fourth-order valence-electron chi connectivity index (χ4n) is 5.33. The van der Waals surface area contributed by atoms with E-state index in [2.05, 4.69) is 47.3 Å². The van der Waals surface area contributed by atoms with E-state index in [1.54, 1.807) is 12.1 Å². The van der Waals surface area contributed by atoms with Crippen LogP contribution >= 0.6 is 0 Å². The minimum atomic E-state index is -0.167. The van der Waals surface area contributed by atoms with E-state index in [1.165, 1.54) is 0 Å². The van der Waals surface area contributed by atoms with Gasteiger partial charge in [0.2, 0.25) is 11.8 Å². The highest BCUT2D eigenvalue weighted by Gasteiger charge is 2.43. The number of nitriles is 2. The third-order valence-electron chi connectivity index (χ3n) is 6.83. The Morgan fingerprint density at radius 2 is 1.16 bits per heavy atom. The minimum Gasteiger partial charge on any atom is -0.384 e. The molecule has 0 fully saturated rings. The van der Waals surface area contributed by atoms with Crippen LogP contribution in [0.2, 0.25) is 0 Å². The summed E-state index contributed by atoms with van der Waals surface area (Å²) in [5.41, 5.74) is 6.40. The SMILES string of the molecule is CC12CNc3ccc(C#N)c(c31)NC(=O)C2.CC12CNc3ccc(C#N)c(c31)NC(=O)C2. The van der Waals surface area contributed by atoms with Gasteiger partial charge in [0.25, 0.3) is 0 Å². The molecule has 2 aromatic carbocycles. The molecule has 0 saturated carbocycles. The molecule has 2 unspecified atom stereocenters. The minimum absolute atomic E-state index is 0.00708. The lowest BCUT2D eigenvalue weighted by Crippen LogP contribution is -2.35. The highest BCUT2D eigenvalue weighted by Crippen LogP contribution is 2.48. The molecule has 2 aromatic rings. The van der Waals surface area contributed by atoms with Crippen molar-refractivity contribution in [1.29, 1.82) is 10.5 Å². The Bertz CT molecular complexity index is 1190. The van der Waals surface area contributed by atoms with Gasteiger partial charge in [-0.15, -0.1) is 0 Å². The quantitative estimate of drug-likeness (QED) is 0.512. The number of nitrogens with one attached hydrogen (secondary N) is 4. The van der Waals surface area contributed by atoms with E-state index in [9.17, 15) is 9.59 Å². The van der Waals surface area contributed by atoms with Gasteiger partial charge in [-0.05, 0) is 24.3 Å². The van der Waals surface area contributed by atoms with E-state index in [4.69, 9.17) is 10.5 Å². The lowest BCUT2D eigenvalue weighted by atomic mass is 9.77. The van der Waals surface area contributed by atoms with E-state index < -0.39 is 0 Å². The average Bonchev–Trinajstić information content (AvgIpc) is 3.27. The Hall–Kier alpha value is -4.04. The Labute approximate surface area is 185 Å². The van der Waals surface area contributed by atoms with Gasteiger partial charge in [0.1, 0.15) is 12.1 Å². The van der Waals surface area contributed by atoms with Crippen LogP contribution < -0.4 is 21.3 Å². The smallest absolute Gasteiger partial charge is 0.225 e. The summed E-state index contributed by atoms with van der Waals surface area (Å²) in [4.78, 5) is 23.3. The molecule has 0 spiro atoms. The molecule has 8 nitrogen and oxygen atoms in total. The number of benzene rings is 2. The van der Waals surface area contributed by atoms with Gasteiger partial charge >= 0.3 is 0 Å². The number of carbonyl (C=O) groups is 2. The van der Waals surface area contributed by atoms with Crippen molar-refractivity contribution < 1.29 is 9.59 Å². The predicted molar refractivity (Wildman–Crippen MR) is 120 cm³/mol. The number of anilines is 4. The molecule has 32 heavy (non-hydrogen) atoms. The van der Waals surface area contributed by atoms with Gasteiger partial charge in [-0.3, -0.25) is 9.59 Å². The van der Waals surface area contributed by atoms with Crippen LogP contribution in [0.25, 0.3) is 0 Å². The van der Waals surface area contributed by atoms with Crippen LogP contribution in [-0.4, -0.2) is 24.9 Å². The molecule has 8 heteroatoms. The second kappa shape index (κ2) is 6.73. The molecule has 4 aliphatic heterocycles. The van der Waals surface area contributed by atoms with Crippen LogP contribution in [-0.2, 0) is 20.4 Å². The van der Waals surface area contributed by atoms with E-state index in [0.29, 0.717) is 35.3 Å². The maximum atomic E-state index is 11.6. The van der Waals surface area contributed by atoms with Crippen molar-refractivity contribution in [2.75, 3.05) is 34.4 Å². The molecule has 4 heterocycles. The van der Waals surface area contributed by atoms with Gasteiger partial charge in [-0.25, -0.2) is 0 Å². The van der Waals surface area contributed by atoms with Crippen molar-refractivity contribution in [3.05, 3.63) is 46.5 Å². The standard InChI is InChI=1S/2C12H11N3O/c2*1-12-4-9(16)15-11-7(5-13)2-3-8(10(11)12)14-6-12/h2*2-3,14H,4,6H2,1H3,(H,15,16). The third kappa shape index (κ3) is 2.80. The summed E-state index contributed by atoms with van der Waals surface area (Å²) in [5.74, 6) is -0.0142. The normalized spacial score (nSPS) is 25.4. The van der Waals surface area contributed by atoms with Crippen molar-refractivity contribution in [2.24, 2.45) is 0 Å². The molecule has 0 radical (unpaired) electrons. The first kappa shape index (κ1) is 19.9. The zero-order valence-electron chi connectivity index (χ0n) is 17.8. The van der Waals surface area contributed by atoms with Crippen molar-refractivity contribution in [1.82, 2.24) is 0 Å². The second-order valence-electron chi connectivity index (χ2n) is 9.32. The topological polar surface area (TPSA) is 130 Å². The van der Waals surface area contributed by atoms with Crippen LogP contribution in [0.3, 0.4) is 0 Å². The van der Waals surface area contributed by atoms with Gasteiger partial charge < -0.3 is 21.3 Å². The predicted octanol–water partition coefficient (Wildman–Crippen LogP) is 3.17. The van der Waals surface area contributed by atoms with Crippen LogP contribution in [0.1, 0.15) is 48.9 Å². The molecule has 2 atom stereocenters. The number of carbonyl (C=O) groups excluding carboxylic acids is 2. The summed E-state index contributed by atoms with van der Waals surface area (Å²) in [7, 11) is 0. The van der Waals surface area contributed by atoms with Crippen molar-refractivity contribution in [3.63, 3.8) is 0 Å². The van der Waals surface area contributed by atoms with Crippen molar-refractivity contribution in [3.8, 4) is 12.1 Å². The summed E-state index contributed by atoms with van der Waals surface area (Å²) < 4.78 is 0. The zero-order valence-corrected chi connectivity index (χ0v) is 17.8. The lowest BCUT2D eigenvalue weighted by Gasteiger charge is -2.30. The van der Waals surface area contributed by atoms with Gasteiger partial charge in [-0.1, -0.05) is 13.8 Å². The summed E-state index contributed by atoms with van der Waals surface area (Å²) >= 11 is 0. The highest BCUT2D eigenvalue weighted by atomic mass is 16.2. The fraction of sp³-hybridized carbons (Fsp3) is 0.333. The maximum Gasteiger partial charge on any atom is 0.225 e. The molecule has 2 amide bonds. The molecule has 0 saturated heterocycles. The summed E-state index contributed by atoms with van der Waals surface area (Å²) in [6, 6.07) is 11.6. The Balaban J connectivity index is 0.000000135. The Morgan fingerprint density at radius 1 is 0.750 bits per heavy atom. The molecule has 4 aliphatic rings. The fourth-order valence-corrected chi connectivity index (χ4v) is 5.33. The van der Waals surface area contributed by atoms with E-state index in [0.717, 1.165) is 35.6 Å². The first-order valence-electron chi connectivity index (χ1n) is 10.5. The molecule has 6 rings (SSSR count). The van der Waals surface area contributed by atoms with Gasteiger partial charge in [0.05, 0.1) is 22.5 Å². The molecule has 160 valence electrons. The van der Waals surface area contributed by atoms with Crippen LogP contribution in [0.5, 0.6) is 0 Å². The zero-order chi connectivity index (χ0) is 22.7. The lowest BCUT2D eigenvalue weighted by molar-refractivity contribution is -0.118. The number of hydrogen-bond acceptors (Lipinski definition) is 6. The number of hydrogen-bond donors (Lipinski definition) is 4. The third-order valence-corrected chi connectivity index (χ3v) is 6.83. The summed E-state index contributed by atoms with van der Waals surface area (Å²) in [5, 5.41) is 30.3. The summed E-state index contributed by atoms with van der Waals surface area (Å²) in [6.45, 7) is 5.65. The maximum absolute atomic E-state index is 11.6. The number of amides is 2. The monoisotopic (exact) mass is 426 g/mol. The second-order valence-corrected chi connectivity index (χ2v) is 9.32. The molecule has 0 aliphatic carbocycles. The molecular weight excluding hydrogens is 404 g/mol. The summed E-state index contributed by atoms with van der Waals surface area (Å²) in [6.07, 6.45) is 0.962. The van der Waals surface area contributed by atoms with E-state index in [1.807, 2.05) is 12.1 Å². The number of rotatable bonds is 0. The first-order valence-corrected chi connectivity index (χ1v) is 10.5. The Morgan fingerprint density at radius 3 is 1.53 bits per heavy atom. The average molecular weight is 426 g/mol.